The van der Waals surface area contributed by atoms with E-state index in [1.807, 2.05) is 0 Å². The molecule has 0 atom stereocenters. The van der Waals surface area contributed by atoms with Gasteiger partial charge in [-0.3, -0.25) is 0 Å². The number of rotatable bonds is 0. The Morgan fingerprint density at radius 3 is 1.33 bits per heavy atom. The van der Waals surface area contributed by atoms with Crippen LogP contribution in [0.1, 0.15) is 0 Å². The first-order valence-electron chi connectivity index (χ1n) is 0.612. The molecular formula is CCrNaO3+. The Bertz CT molecular complexity index is 33.8. The fourth-order valence-corrected chi connectivity index (χ4v) is 0. The molecule has 0 heterocycles. The summed E-state index contributed by atoms with van der Waals surface area (Å²) in [5, 5.41) is 16.7. The summed E-state index contributed by atoms with van der Waals surface area (Å²) in [5.41, 5.74) is 0. The standard InChI is InChI=1S/CH2O3.Cr.Na/c2-1(3)4;;/h(H2,2,3,4);;/q;+2;+1/p-2. The predicted octanol–water partition coefficient (Wildman–Crippen LogP) is -5.45. The molecule has 0 aromatic heterocycles. The van der Waals surface area contributed by atoms with Crippen LogP contribution in [0, 0.1) is 0 Å². The zero-order valence-electron chi connectivity index (χ0n) is 3.13. The molecule has 0 unspecified atom stereocenters. The third-order valence-corrected chi connectivity index (χ3v) is 0. The van der Waals surface area contributed by atoms with E-state index >= 15 is 0 Å². The van der Waals surface area contributed by atoms with Crippen LogP contribution in [0.3, 0.4) is 0 Å². The molecule has 3 nitrogen and oxygen atoms in total. The number of carbonyl (C=O) groups excluding carboxylic acids is 1. The average molecular weight is 135 g/mol. The van der Waals surface area contributed by atoms with Gasteiger partial charge in [-0.2, -0.15) is 0 Å². The molecule has 6 heavy (non-hydrogen) atoms. The topological polar surface area (TPSA) is 63.2 Å². The van der Waals surface area contributed by atoms with Crippen molar-refractivity contribution in [2.24, 2.45) is 0 Å². The van der Waals surface area contributed by atoms with Crippen molar-refractivity contribution in [1.82, 2.24) is 0 Å². The second kappa shape index (κ2) is 9.26. The zero-order chi connectivity index (χ0) is 3.58. The maximum atomic E-state index is 8.33. The quantitative estimate of drug-likeness (QED) is 0.311. The fourth-order valence-electron chi connectivity index (χ4n) is 0. The molecule has 0 aliphatic rings. The van der Waals surface area contributed by atoms with E-state index in [1.54, 1.807) is 0 Å². The molecular weight excluding hydrogens is 135 g/mol. The minimum atomic E-state index is -2.33. The van der Waals surface area contributed by atoms with Crippen LogP contribution < -0.4 is 39.8 Å². The van der Waals surface area contributed by atoms with E-state index in [4.69, 9.17) is 15.0 Å². The molecule has 0 radical (unpaired) electrons. The number of hydrogen-bond donors (Lipinski definition) is 0. The maximum absolute atomic E-state index is 8.33. The molecule has 0 aromatic carbocycles. The van der Waals surface area contributed by atoms with Crippen LogP contribution in [-0.4, -0.2) is 6.16 Å². The van der Waals surface area contributed by atoms with Gasteiger partial charge in [-0.25, -0.2) is 0 Å². The van der Waals surface area contributed by atoms with Gasteiger partial charge < -0.3 is 15.0 Å². The number of carboxylic acid groups (broad SMARTS) is 2. The largest absolute Gasteiger partial charge is 2.00 e. The van der Waals surface area contributed by atoms with Crippen molar-refractivity contribution < 1.29 is 61.9 Å². The molecule has 0 N–H and O–H groups in total. The molecule has 0 saturated carbocycles. The van der Waals surface area contributed by atoms with Crippen LogP contribution in [0.4, 0.5) is 4.79 Å². The zero-order valence-corrected chi connectivity index (χ0v) is 6.41. The molecule has 0 saturated heterocycles. The van der Waals surface area contributed by atoms with Crippen molar-refractivity contribution >= 4 is 6.16 Å². The smallest absolute Gasteiger partial charge is 0.652 e. The first-order valence-corrected chi connectivity index (χ1v) is 0.612. The van der Waals surface area contributed by atoms with E-state index in [9.17, 15) is 0 Å². The monoisotopic (exact) mass is 135 g/mol. The van der Waals surface area contributed by atoms with Gasteiger partial charge in [0.05, 0.1) is 0 Å². The minimum absolute atomic E-state index is 0. The SMILES string of the molecule is O=C([O-])[O-].[Cr+2].[Na+]. The molecule has 0 amide bonds. The number of carbonyl (C=O) groups is 1. The third kappa shape index (κ3) is 108. The van der Waals surface area contributed by atoms with Gasteiger partial charge in [0.2, 0.25) is 0 Å². The van der Waals surface area contributed by atoms with Crippen LogP contribution in [0.2, 0.25) is 0 Å². The molecule has 5 heteroatoms. The summed E-state index contributed by atoms with van der Waals surface area (Å²) in [6.45, 7) is 0. The van der Waals surface area contributed by atoms with Crippen LogP contribution >= 0.6 is 0 Å². The van der Waals surface area contributed by atoms with Crippen LogP contribution in [0.25, 0.3) is 0 Å². The maximum Gasteiger partial charge on any atom is 2.00 e. The molecule has 0 fully saturated rings. The minimum Gasteiger partial charge on any atom is -0.652 e. The first kappa shape index (κ1) is 15.8. The Hall–Kier alpha value is 0.802. The van der Waals surface area contributed by atoms with Gasteiger partial charge in [-0.05, 0) is 6.16 Å². The summed E-state index contributed by atoms with van der Waals surface area (Å²) in [6.07, 6.45) is -2.33. The van der Waals surface area contributed by atoms with Crippen molar-refractivity contribution in [2.45, 2.75) is 0 Å². The van der Waals surface area contributed by atoms with Crippen molar-refractivity contribution in [3.8, 4) is 0 Å². The molecule has 0 aliphatic heterocycles. The summed E-state index contributed by atoms with van der Waals surface area (Å²) >= 11 is 0. The van der Waals surface area contributed by atoms with E-state index in [2.05, 4.69) is 0 Å². The Balaban J connectivity index is -0.0000000450. The number of hydrogen-bond acceptors (Lipinski definition) is 3. The molecule has 0 aromatic rings. The predicted molar refractivity (Wildman–Crippen MR) is 5.40 cm³/mol. The van der Waals surface area contributed by atoms with Crippen LogP contribution in [0.15, 0.2) is 0 Å². The molecule has 0 bridgehead atoms. The van der Waals surface area contributed by atoms with Crippen molar-refractivity contribution in [2.75, 3.05) is 0 Å². The van der Waals surface area contributed by atoms with E-state index < -0.39 is 6.16 Å². The third-order valence-electron chi connectivity index (χ3n) is 0. The van der Waals surface area contributed by atoms with E-state index in [1.165, 1.54) is 0 Å². The Morgan fingerprint density at radius 2 is 1.33 bits per heavy atom. The van der Waals surface area contributed by atoms with E-state index in [0.29, 0.717) is 0 Å². The Morgan fingerprint density at radius 1 is 1.33 bits per heavy atom. The molecule has 0 spiro atoms. The van der Waals surface area contributed by atoms with E-state index in [-0.39, 0.29) is 46.9 Å². The van der Waals surface area contributed by atoms with E-state index in [0.717, 1.165) is 0 Å². The fraction of sp³-hybridized carbons (Fsp3) is 0. The Labute approximate surface area is 67.8 Å². The average Bonchev–Trinajstić information content (AvgIpc) is 0.811. The first-order chi connectivity index (χ1) is 1.73. The second-order valence-corrected chi connectivity index (χ2v) is 0.250. The summed E-state index contributed by atoms with van der Waals surface area (Å²) in [6, 6.07) is 0. The van der Waals surface area contributed by atoms with Crippen molar-refractivity contribution in [3.05, 3.63) is 0 Å². The van der Waals surface area contributed by atoms with Gasteiger partial charge in [0.25, 0.3) is 0 Å². The normalized spacial score (nSPS) is 4.00. The van der Waals surface area contributed by atoms with Crippen molar-refractivity contribution in [3.63, 3.8) is 0 Å². The summed E-state index contributed by atoms with van der Waals surface area (Å²) < 4.78 is 0. The van der Waals surface area contributed by atoms with Crippen LogP contribution in [0.5, 0.6) is 0 Å². The summed E-state index contributed by atoms with van der Waals surface area (Å²) in [7, 11) is 0. The second-order valence-electron chi connectivity index (χ2n) is 0.250. The van der Waals surface area contributed by atoms with Gasteiger partial charge in [0.15, 0.2) is 0 Å². The molecule has 0 aliphatic carbocycles. The Kier molecular flexibility index (Phi) is 24.4. The van der Waals surface area contributed by atoms with Crippen LogP contribution in [-0.2, 0) is 17.4 Å². The summed E-state index contributed by atoms with van der Waals surface area (Å²) in [4.78, 5) is 8.33. The van der Waals surface area contributed by atoms with Crippen molar-refractivity contribution in [1.29, 1.82) is 0 Å². The van der Waals surface area contributed by atoms with Gasteiger partial charge in [0.1, 0.15) is 0 Å². The molecule has 0 rings (SSSR count). The van der Waals surface area contributed by atoms with Gasteiger partial charge in [0, 0.05) is 0 Å². The summed E-state index contributed by atoms with van der Waals surface area (Å²) in [5.74, 6) is 0. The molecule has 28 valence electrons. The van der Waals surface area contributed by atoms with Gasteiger partial charge in [-0.15, -0.1) is 0 Å². The van der Waals surface area contributed by atoms with Gasteiger partial charge in [-0.1, -0.05) is 0 Å². The van der Waals surface area contributed by atoms with Gasteiger partial charge >= 0.3 is 46.9 Å².